The van der Waals surface area contributed by atoms with Gasteiger partial charge in [0.05, 0.1) is 5.41 Å². The van der Waals surface area contributed by atoms with Crippen LogP contribution < -0.4 is 4.72 Å². The van der Waals surface area contributed by atoms with Crippen LogP contribution in [0.4, 0.5) is 5.69 Å². The number of aryl methyl sites for hydroxylation is 1. The van der Waals surface area contributed by atoms with Crippen LogP contribution >= 0.6 is 11.8 Å². The molecule has 110 valence electrons. The number of thioether (sulfide) groups is 1. The highest BCUT2D eigenvalue weighted by Gasteiger charge is 2.05. The molecule has 2 aromatic carbocycles. The van der Waals surface area contributed by atoms with Gasteiger partial charge in [0.25, 0.3) is 10.0 Å². The number of nitrogens with one attached hydrogen (secondary N) is 1. The van der Waals surface area contributed by atoms with Gasteiger partial charge in [-0.15, -0.1) is 11.8 Å². The Morgan fingerprint density at radius 1 is 1.10 bits per heavy atom. The molecule has 0 aliphatic carbocycles. The topological polar surface area (TPSA) is 46.2 Å². The minimum Gasteiger partial charge on any atom is -0.280 e. The van der Waals surface area contributed by atoms with Gasteiger partial charge < -0.3 is 0 Å². The third-order valence-corrected chi connectivity index (χ3v) is 4.59. The largest absolute Gasteiger partial charge is 0.280 e. The smallest absolute Gasteiger partial charge is 0.255 e. The van der Waals surface area contributed by atoms with E-state index in [0.717, 1.165) is 16.0 Å². The molecule has 5 heteroatoms. The summed E-state index contributed by atoms with van der Waals surface area (Å²) in [4.78, 5) is 1.01. The maximum Gasteiger partial charge on any atom is 0.255 e. The minimum absolute atomic E-state index is 0.565. The van der Waals surface area contributed by atoms with Crippen LogP contribution in [0.1, 0.15) is 11.1 Å². The second-order valence-electron chi connectivity index (χ2n) is 4.59. The molecule has 0 spiro atoms. The van der Waals surface area contributed by atoms with Gasteiger partial charge in [-0.3, -0.25) is 4.72 Å². The first-order valence-corrected chi connectivity index (χ1v) is 9.17. The third kappa shape index (κ3) is 4.95. The summed E-state index contributed by atoms with van der Waals surface area (Å²) in [6.07, 6.45) is 3.53. The standard InChI is InChI=1S/C16H17NO2S2/c1-13-6-8-14(9-7-13)10-11-21(18,19)17-15-4-3-5-16(12-15)20-2/h3-12,17H,1-2H3. The van der Waals surface area contributed by atoms with Crippen molar-refractivity contribution in [3.63, 3.8) is 0 Å². The van der Waals surface area contributed by atoms with Gasteiger partial charge in [0.15, 0.2) is 0 Å². The van der Waals surface area contributed by atoms with Crippen molar-refractivity contribution < 1.29 is 8.42 Å². The fourth-order valence-corrected chi connectivity index (χ4v) is 3.05. The molecule has 0 atom stereocenters. The van der Waals surface area contributed by atoms with Crippen molar-refractivity contribution in [3.05, 3.63) is 65.1 Å². The summed E-state index contributed by atoms with van der Waals surface area (Å²) in [7, 11) is -3.51. The maximum absolute atomic E-state index is 12.0. The molecule has 21 heavy (non-hydrogen) atoms. The molecule has 0 saturated heterocycles. The predicted octanol–water partition coefficient (Wildman–Crippen LogP) is 4.13. The molecule has 0 unspecified atom stereocenters. The normalized spacial score (nSPS) is 11.7. The maximum atomic E-state index is 12.0. The first kappa shape index (κ1) is 15.7. The van der Waals surface area contributed by atoms with Gasteiger partial charge >= 0.3 is 0 Å². The van der Waals surface area contributed by atoms with Gasteiger partial charge in [-0.1, -0.05) is 35.9 Å². The highest BCUT2D eigenvalue weighted by Crippen LogP contribution is 2.20. The Labute approximate surface area is 130 Å². The van der Waals surface area contributed by atoms with E-state index in [4.69, 9.17) is 0 Å². The van der Waals surface area contributed by atoms with E-state index in [1.165, 1.54) is 5.41 Å². The van der Waals surface area contributed by atoms with Crippen LogP contribution in [0.5, 0.6) is 0 Å². The van der Waals surface area contributed by atoms with E-state index < -0.39 is 10.0 Å². The number of anilines is 1. The Kier molecular flexibility index (Phi) is 5.09. The molecule has 0 aromatic heterocycles. The van der Waals surface area contributed by atoms with E-state index >= 15 is 0 Å². The van der Waals surface area contributed by atoms with Gasteiger partial charge in [0.1, 0.15) is 0 Å². The second-order valence-corrected chi connectivity index (χ2v) is 7.04. The monoisotopic (exact) mass is 319 g/mol. The van der Waals surface area contributed by atoms with Crippen molar-refractivity contribution in [3.8, 4) is 0 Å². The van der Waals surface area contributed by atoms with Crippen molar-refractivity contribution in [2.45, 2.75) is 11.8 Å². The van der Waals surface area contributed by atoms with Crippen LogP contribution in [-0.4, -0.2) is 14.7 Å². The zero-order chi connectivity index (χ0) is 15.3. The van der Waals surface area contributed by atoms with Crippen molar-refractivity contribution >= 4 is 33.5 Å². The van der Waals surface area contributed by atoms with Gasteiger partial charge in [-0.25, -0.2) is 8.42 Å². The quantitative estimate of drug-likeness (QED) is 0.843. The Balaban J connectivity index is 2.12. The summed E-state index contributed by atoms with van der Waals surface area (Å²) in [5, 5.41) is 1.18. The van der Waals surface area contributed by atoms with Gasteiger partial charge in [-0.05, 0) is 43.0 Å². The predicted molar refractivity (Wildman–Crippen MR) is 91.0 cm³/mol. The molecule has 0 amide bonds. The summed E-state index contributed by atoms with van der Waals surface area (Å²) < 4.78 is 26.6. The van der Waals surface area contributed by atoms with E-state index in [0.29, 0.717) is 5.69 Å². The van der Waals surface area contributed by atoms with Crippen molar-refractivity contribution in [2.75, 3.05) is 11.0 Å². The lowest BCUT2D eigenvalue weighted by molar-refractivity contribution is 0.609. The van der Waals surface area contributed by atoms with Crippen molar-refractivity contribution in [1.82, 2.24) is 0 Å². The summed E-state index contributed by atoms with van der Waals surface area (Å²) in [5.74, 6) is 0. The molecular weight excluding hydrogens is 302 g/mol. The molecule has 0 saturated carbocycles. The van der Waals surface area contributed by atoms with Crippen molar-refractivity contribution in [2.24, 2.45) is 0 Å². The fraction of sp³-hybridized carbons (Fsp3) is 0.125. The molecule has 0 heterocycles. The SMILES string of the molecule is CSc1cccc(NS(=O)(=O)C=Cc2ccc(C)cc2)c1. The first-order valence-electron chi connectivity index (χ1n) is 6.40. The van der Waals surface area contributed by atoms with Crippen LogP contribution in [0.15, 0.2) is 58.8 Å². The van der Waals surface area contributed by atoms with Gasteiger partial charge in [0, 0.05) is 10.6 Å². The van der Waals surface area contributed by atoms with Crippen LogP contribution in [-0.2, 0) is 10.0 Å². The Morgan fingerprint density at radius 3 is 2.48 bits per heavy atom. The lowest BCUT2D eigenvalue weighted by Crippen LogP contribution is -2.08. The highest BCUT2D eigenvalue weighted by atomic mass is 32.2. The molecule has 0 aliphatic rings. The Bertz CT molecular complexity index is 735. The van der Waals surface area contributed by atoms with Crippen LogP contribution in [0.25, 0.3) is 6.08 Å². The number of sulfonamides is 1. The van der Waals surface area contributed by atoms with E-state index in [1.807, 2.05) is 55.6 Å². The lowest BCUT2D eigenvalue weighted by Gasteiger charge is -2.05. The summed E-state index contributed by atoms with van der Waals surface area (Å²) in [6, 6.07) is 15.0. The molecule has 2 aromatic rings. The van der Waals surface area contributed by atoms with Gasteiger partial charge in [-0.2, -0.15) is 0 Å². The molecule has 2 rings (SSSR count). The van der Waals surface area contributed by atoms with Crippen LogP contribution in [0, 0.1) is 6.92 Å². The van der Waals surface area contributed by atoms with Gasteiger partial charge in [0.2, 0.25) is 0 Å². The van der Waals surface area contributed by atoms with Crippen LogP contribution in [0.3, 0.4) is 0 Å². The van der Waals surface area contributed by atoms with Crippen LogP contribution in [0.2, 0.25) is 0 Å². The van der Waals surface area contributed by atoms with E-state index in [2.05, 4.69) is 4.72 Å². The van der Waals surface area contributed by atoms with E-state index in [-0.39, 0.29) is 0 Å². The second kappa shape index (κ2) is 6.83. The average molecular weight is 319 g/mol. The van der Waals surface area contributed by atoms with E-state index in [9.17, 15) is 8.42 Å². The number of rotatable bonds is 5. The third-order valence-electron chi connectivity index (χ3n) is 2.85. The molecule has 0 bridgehead atoms. The molecule has 1 N–H and O–H groups in total. The number of hydrogen-bond donors (Lipinski definition) is 1. The average Bonchev–Trinajstić information content (AvgIpc) is 2.46. The molecule has 0 aliphatic heterocycles. The first-order chi connectivity index (χ1) is 9.98. The fourth-order valence-electron chi connectivity index (χ4n) is 1.73. The zero-order valence-corrected chi connectivity index (χ0v) is 13.5. The lowest BCUT2D eigenvalue weighted by atomic mass is 10.2. The molecule has 0 fully saturated rings. The summed E-state index contributed by atoms with van der Waals surface area (Å²) in [5.41, 5.74) is 2.56. The highest BCUT2D eigenvalue weighted by molar-refractivity contribution is 7.98. The summed E-state index contributed by atoms with van der Waals surface area (Å²) >= 11 is 1.57. The van der Waals surface area contributed by atoms with Crippen molar-refractivity contribution in [1.29, 1.82) is 0 Å². The number of hydrogen-bond acceptors (Lipinski definition) is 3. The zero-order valence-electron chi connectivity index (χ0n) is 11.9. The molecule has 0 radical (unpaired) electrons. The molecular formula is C16H17NO2S2. The number of benzene rings is 2. The summed E-state index contributed by atoms with van der Waals surface area (Å²) in [6.45, 7) is 1.99. The van der Waals surface area contributed by atoms with E-state index in [1.54, 1.807) is 23.9 Å². The Morgan fingerprint density at radius 2 is 1.81 bits per heavy atom. The molecule has 3 nitrogen and oxygen atoms in total. The minimum atomic E-state index is -3.51. The Hall–Kier alpha value is -1.72.